The van der Waals surface area contributed by atoms with Gasteiger partial charge in [0, 0.05) is 33.9 Å². The van der Waals surface area contributed by atoms with Gasteiger partial charge in [0.1, 0.15) is 11.4 Å². The lowest BCUT2D eigenvalue weighted by Crippen LogP contribution is -2.42. The number of fused-ring (bicyclic) bond motifs is 1. The highest BCUT2D eigenvalue weighted by atomic mass is 16.6. The highest BCUT2D eigenvalue weighted by Crippen LogP contribution is 2.37. The summed E-state index contributed by atoms with van der Waals surface area (Å²) in [6.07, 6.45) is 2.41. The second-order valence-corrected chi connectivity index (χ2v) is 6.49. The standard InChI is InChI=1S/C17H23N3O2/c1-19-14-7-4-3-6-13(14)18-16(19)11-20-10-15(21-2)17(12-20)8-5-9-22-17/h3-4,6-7,15H,5,8-12H2,1-2H3/t15-,17-/m0/s1. The third-order valence-corrected chi connectivity index (χ3v) is 5.17. The molecule has 0 aliphatic carbocycles. The first kappa shape index (κ1) is 14.2. The van der Waals surface area contributed by atoms with E-state index in [-0.39, 0.29) is 11.7 Å². The second kappa shape index (κ2) is 5.33. The van der Waals surface area contributed by atoms with Gasteiger partial charge < -0.3 is 14.0 Å². The van der Waals surface area contributed by atoms with Crippen molar-refractivity contribution in [1.29, 1.82) is 0 Å². The number of nitrogens with zero attached hydrogens (tertiary/aromatic N) is 3. The molecule has 1 aromatic carbocycles. The molecule has 1 spiro atoms. The number of imidazole rings is 1. The van der Waals surface area contributed by atoms with Crippen molar-refractivity contribution in [3.8, 4) is 0 Å². The summed E-state index contributed by atoms with van der Waals surface area (Å²) in [5.74, 6) is 1.10. The Morgan fingerprint density at radius 2 is 2.27 bits per heavy atom. The molecule has 5 heteroatoms. The maximum Gasteiger partial charge on any atom is 0.123 e. The highest BCUT2D eigenvalue weighted by molar-refractivity contribution is 5.75. The maximum absolute atomic E-state index is 6.07. The Bertz CT molecular complexity index is 676. The molecule has 22 heavy (non-hydrogen) atoms. The molecule has 0 unspecified atom stereocenters. The van der Waals surface area contributed by atoms with Crippen molar-refractivity contribution in [2.75, 3.05) is 26.8 Å². The summed E-state index contributed by atoms with van der Waals surface area (Å²) < 4.78 is 14.0. The van der Waals surface area contributed by atoms with Gasteiger partial charge in [0.2, 0.25) is 0 Å². The molecule has 2 fully saturated rings. The fourth-order valence-electron chi connectivity index (χ4n) is 3.99. The minimum absolute atomic E-state index is 0.0979. The van der Waals surface area contributed by atoms with E-state index in [2.05, 4.69) is 34.7 Å². The molecule has 2 aliphatic heterocycles. The topological polar surface area (TPSA) is 39.5 Å². The van der Waals surface area contributed by atoms with Crippen molar-refractivity contribution in [3.63, 3.8) is 0 Å². The van der Waals surface area contributed by atoms with Crippen molar-refractivity contribution in [2.45, 2.75) is 31.1 Å². The molecule has 118 valence electrons. The molecule has 0 saturated carbocycles. The average Bonchev–Trinajstić information content (AvgIpc) is 3.21. The Balaban J connectivity index is 1.57. The van der Waals surface area contributed by atoms with Gasteiger partial charge in [-0.3, -0.25) is 4.90 Å². The summed E-state index contributed by atoms with van der Waals surface area (Å²) >= 11 is 0. The minimum Gasteiger partial charge on any atom is -0.377 e. The number of ether oxygens (including phenoxy) is 2. The van der Waals surface area contributed by atoms with Gasteiger partial charge in [0.05, 0.1) is 23.7 Å². The molecule has 0 amide bonds. The van der Waals surface area contributed by atoms with Crippen LogP contribution in [0.2, 0.25) is 0 Å². The van der Waals surface area contributed by atoms with Gasteiger partial charge in [-0.2, -0.15) is 0 Å². The number of para-hydroxylation sites is 2. The van der Waals surface area contributed by atoms with Crippen LogP contribution in [-0.2, 0) is 23.1 Å². The predicted molar refractivity (Wildman–Crippen MR) is 84.7 cm³/mol. The lowest BCUT2D eigenvalue weighted by Gasteiger charge is -2.28. The Morgan fingerprint density at radius 1 is 1.41 bits per heavy atom. The number of aromatic nitrogens is 2. The molecule has 2 atom stereocenters. The summed E-state index contributed by atoms with van der Waals surface area (Å²) in [6.45, 7) is 3.56. The first-order valence-corrected chi connectivity index (χ1v) is 8.01. The van der Waals surface area contributed by atoms with Gasteiger partial charge in [0.25, 0.3) is 0 Å². The van der Waals surface area contributed by atoms with Gasteiger partial charge >= 0.3 is 0 Å². The lowest BCUT2D eigenvalue weighted by atomic mass is 9.97. The van der Waals surface area contributed by atoms with Crippen molar-refractivity contribution in [1.82, 2.24) is 14.5 Å². The van der Waals surface area contributed by atoms with Crippen molar-refractivity contribution in [3.05, 3.63) is 30.1 Å². The molecule has 2 aromatic rings. The number of benzene rings is 1. The first-order valence-electron chi connectivity index (χ1n) is 8.01. The van der Waals surface area contributed by atoms with E-state index < -0.39 is 0 Å². The second-order valence-electron chi connectivity index (χ2n) is 6.49. The van der Waals surface area contributed by atoms with Crippen molar-refractivity contribution < 1.29 is 9.47 Å². The van der Waals surface area contributed by atoms with Crippen LogP contribution in [0.25, 0.3) is 11.0 Å². The predicted octanol–water partition coefficient (Wildman–Crippen LogP) is 1.95. The van der Waals surface area contributed by atoms with Gasteiger partial charge in [-0.25, -0.2) is 4.98 Å². The fourth-order valence-corrected chi connectivity index (χ4v) is 3.99. The molecule has 2 saturated heterocycles. The average molecular weight is 301 g/mol. The third-order valence-electron chi connectivity index (χ3n) is 5.17. The van der Waals surface area contributed by atoms with E-state index in [0.717, 1.165) is 50.4 Å². The number of hydrogen-bond acceptors (Lipinski definition) is 4. The largest absolute Gasteiger partial charge is 0.377 e. The van der Waals surface area contributed by atoms with Crippen LogP contribution in [0.5, 0.6) is 0 Å². The van der Waals surface area contributed by atoms with E-state index in [0.29, 0.717) is 0 Å². The number of rotatable bonds is 3. The van der Waals surface area contributed by atoms with Crippen LogP contribution in [0.4, 0.5) is 0 Å². The lowest BCUT2D eigenvalue weighted by molar-refractivity contribution is -0.0756. The molecule has 0 radical (unpaired) electrons. The molecule has 0 bridgehead atoms. The summed E-state index contributed by atoms with van der Waals surface area (Å²) in [7, 11) is 3.89. The zero-order valence-corrected chi connectivity index (χ0v) is 13.3. The van der Waals surface area contributed by atoms with Crippen molar-refractivity contribution in [2.24, 2.45) is 7.05 Å². The van der Waals surface area contributed by atoms with Crippen LogP contribution in [-0.4, -0.2) is 53.0 Å². The van der Waals surface area contributed by atoms with Gasteiger partial charge in [-0.15, -0.1) is 0 Å². The van der Waals surface area contributed by atoms with E-state index in [1.807, 2.05) is 6.07 Å². The number of hydrogen-bond donors (Lipinski definition) is 0. The number of aryl methyl sites for hydroxylation is 1. The Kier molecular flexibility index (Phi) is 3.44. The van der Waals surface area contributed by atoms with Gasteiger partial charge in [0.15, 0.2) is 0 Å². The summed E-state index contributed by atoms with van der Waals surface area (Å²) in [6, 6.07) is 8.29. The summed E-state index contributed by atoms with van der Waals surface area (Å²) in [5, 5.41) is 0. The molecular formula is C17H23N3O2. The van der Waals surface area contributed by atoms with Crippen LogP contribution in [0.1, 0.15) is 18.7 Å². The third kappa shape index (κ3) is 2.16. The quantitative estimate of drug-likeness (QED) is 0.869. The van der Waals surface area contributed by atoms with Crippen LogP contribution in [0.3, 0.4) is 0 Å². The minimum atomic E-state index is -0.0979. The van der Waals surface area contributed by atoms with E-state index >= 15 is 0 Å². The molecule has 3 heterocycles. The van der Waals surface area contributed by atoms with E-state index in [1.54, 1.807) is 7.11 Å². The number of methoxy groups -OCH3 is 1. The normalized spacial score (nSPS) is 29.1. The van der Waals surface area contributed by atoms with Crippen LogP contribution in [0, 0.1) is 0 Å². The zero-order valence-electron chi connectivity index (χ0n) is 13.3. The first-order chi connectivity index (χ1) is 10.7. The van der Waals surface area contributed by atoms with E-state index in [1.165, 1.54) is 5.52 Å². The smallest absolute Gasteiger partial charge is 0.123 e. The zero-order chi connectivity index (χ0) is 15.2. The molecule has 4 rings (SSSR count). The molecule has 5 nitrogen and oxygen atoms in total. The molecule has 2 aliphatic rings. The van der Waals surface area contributed by atoms with E-state index in [4.69, 9.17) is 14.5 Å². The molecular weight excluding hydrogens is 278 g/mol. The van der Waals surface area contributed by atoms with Gasteiger partial charge in [-0.1, -0.05) is 12.1 Å². The Labute approximate surface area is 130 Å². The fraction of sp³-hybridized carbons (Fsp3) is 0.588. The number of likely N-dealkylation sites (tertiary alicyclic amines) is 1. The molecule has 0 N–H and O–H groups in total. The summed E-state index contributed by atoms with van der Waals surface area (Å²) in [4.78, 5) is 7.20. The van der Waals surface area contributed by atoms with Crippen molar-refractivity contribution >= 4 is 11.0 Å². The van der Waals surface area contributed by atoms with Crippen LogP contribution >= 0.6 is 0 Å². The van der Waals surface area contributed by atoms with Gasteiger partial charge in [-0.05, 0) is 25.0 Å². The maximum atomic E-state index is 6.07. The monoisotopic (exact) mass is 301 g/mol. The Morgan fingerprint density at radius 3 is 3.00 bits per heavy atom. The van der Waals surface area contributed by atoms with Crippen LogP contribution in [0.15, 0.2) is 24.3 Å². The summed E-state index contributed by atoms with van der Waals surface area (Å²) in [5.41, 5.74) is 2.15. The molecule has 1 aromatic heterocycles. The highest BCUT2D eigenvalue weighted by Gasteiger charge is 2.50. The Hall–Kier alpha value is -1.43. The SMILES string of the molecule is CO[C@H]1CN(Cc2nc3ccccc3n2C)C[C@@]12CCCO2. The van der Waals surface area contributed by atoms with E-state index in [9.17, 15) is 0 Å². The van der Waals surface area contributed by atoms with Crippen LogP contribution < -0.4 is 0 Å².